The zero-order valence-corrected chi connectivity index (χ0v) is 18.0. The predicted octanol–water partition coefficient (Wildman–Crippen LogP) is 3.02. The minimum atomic E-state index is -0.172. The fourth-order valence-electron chi connectivity index (χ4n) is 2.10. The molecular weight excluding hydrogens is 457 g/mol. The molecule has 0 unspecified atom stereocenters. The quantitative estimate of drug-likeness (QED) is 0.186. The van der Waals surface area contributed by atoms with Crippen LogP contribution < -0.4 is 15.4 Å². The molecule has 0 aliphatic carbocycles. The maximum absolute atomic E-state index is 11.0. The van der Waals surface area contributed by atoms with Gasteiger partial charge in [0.15, 0.2) is 5.96 Å². The lowest BCUT2D eigenvalue weighted by atomic mass is 10.1. The van der Waals surface area contributed by atoms with Crippen molar-refractivity contribution in [3.8, 4) is 5.75 Å². The van der Waals surface area contributed by atoms with E-state index in [1.165, 1.54) is 7.11 Å². The first-order valence-corrected chi connectivity index (χ1v) is 8.32. The van der Waals surface area contributed by atoms with Crippen LogP contribution in [-0.4, -0.2) is 46.3 Å². The van der Waals surface area contributed by atoms with Gasteiger partial charge >= 0.3 is 5.97 Å². The van der Waals surface area contributed by atoms with Gasteiger partial charge in [-0.3, -0.25) is 9.79 Å². The van der Waals surface area contributed by atoms with Crippen molar-refractivity contribution in [2.75, 3.05) is 34.4 Å². The number of nitrogens with one attached hydrogen (secondary N) is 2. The van der Waals surface area contributed by atoms with Crippen molar-refractivity contribution in [2.45, 2.75) is 25.7 Å². The lowest BCUT2D eigenvalue weighted by molar-refractivity contribution is -0.140. The number of nitrogens with zero attached hydrogens (tertiary/aromatic N) is 1. The van der Waals surface area contributed by atoms with E-state index in [0.29, 0.717) is 18.0 Å². The van der Waals surface area contributed by atoms with Crippen molar-refractivity contribution in [2.24, 2.45) is 4.99 Å². The molecule has 0 atom stereocenters. The van der Waals surface area contributed by atoms with E-state index in [4.69, 9.17) is 16.3 Å². The number of unbranched alkanes of at least 4 members (excludes halogenated alkanes) is 1. The van der Waals surface area contributed by atoms with Gasteiger partial charge in [-0.1, -0.05) is 17.7 Å². The largest absolute Gasteiger partial charge is 0.497 e. The van der Waals surface area contributed by atoms with E-state index in [-0.39, 0.29) is 29.9 Å². The summed E-state index contributed by atoms with van der Waals surface area (Å²) in [7, 11) is 4.75. The van der Waals surface area contributed by atoms with Crippen molar-refractivity contribution < 1.29 is 14.3 Å². The second-order valence-corrected chi connectivity index (χ2v) is 5.57. The minimum absolute atomic E-state index is 0. The molecule has 142 valence electrons. The Hall–Kier alpha value is -1.22. The zero-order chi connectivity index (χ0) is 17.8. The highest BCUT2D eigenvalue weighted by molar-refractivity contribution is 14.0. The number of ether oxygens (including phenoxy) is 2. The molecule has 0 spiro atoms. The van der Waals surface area contributed by atoms with Crippen molar-refractivity contribution in [3.63, 3.8) is 0 Å². The molecule has 0 fully saturated rings. The van der Waals surface area contributed by atoms with Crippen LogP contribution >= 0.6 is 35.6 Å². The molecule has 1 rings (SSSR count). The van der Waals surface area contributed by atoms with E-state index in [1.807, 2.05) is 18.2 Å². The zero-order valence-electron chi connectivity index (χ0n) is 14.9. The Balaban J connectivity index is 0.00000576. The molecule has 0 radical (unpaired) electrons. The second-order valence-electron chi connectivity index (χ2n) is 5.17. The van der Waals surface area contributed by atoms with Gasteiger partial charge < -0.3 is 20.1 Å². The Kier molecular flexibility index (Phi) is 13.3. The van der Waals surface area contributed by atoms with E-state index >= 15 is 0 Å². The Bertz CT molecular complexity index is 556. The fourth-order valence-corrected chi connectivity index (χ4v) is 2.36. The van der Waals surface area contributed by atoms with Crippen LogP contribution in [0.2, 0.25) is 5.02 Å². The van der Waals surface area contributed by atoms with Crippen LogP contribution in [0.5, 0.6) is 5.75 Å². The van der Waals surface area contributed by atoms with Crippen LogP contribution in [0.3, 0.4) is 0 Å². The maximum Gasteiger partial charge on any atom is 0.305 e. The normalized spacial score (nSPS) is 10.6. The Labute approximate surface area is 171 Å². The number of aliphatic imine (C=N–C) groups is 1. The van der Waals surface area contributed by atoms with Crippen LogP contribution in [-0.2, 0) is 16.0 Å². The number of hydrogen-bond acceptors (Lipinski definition) is 4. The third-order valence-corrected chi connectivity index (χ3v) is 3.85. The van der Waals surface area contributed by atoms with Crippen LogP contribution in [0.4, 0.5) is 0 Å². The van der Waals surface area contributed by atoms with Gasteiger partial charge in [-0.15, -0.1) is 24.0 Å². The molecule has 0 saturated carbocycles. The molecular formula is C17H27ClIN3O3. The molecule has 0 aliphatic heterocycles. The topological polar surface area (TPSA) is 72.0 Å². The Morgan fingerprint density at radius 2 is 1.92 bits per heavy atom. The molecule has 0 amide bonds. The van der Waals surface area contributed by atoms with Gasteiger partial charge in [0.05, 0.1) is 14.2 Å². The van der Waals surface area contributed by atoms with Gasteiger partial charge in [-0.25, -0.2) is 0 Å². The number of carbonyl (C=O) groups excluding carboxylic acids is 1. The lowest BCUT2D eigenvalue weighted by Gasteiger charge is -2.12. The van der Waals surface area contributed by atoms with Gasteiger partial charge in [-0.05, 0) is 37.0 Å². The summed E-state index contributed by atoms with van der Waals surface area (Å²) in [6, 6.07) is 5.67. The summed E-state index contributed by atoms with van der Waals surface area (Å²) >= 11 is 6.22. The lowest BCUT2D eigenvalue weighted by Crippen LogP contribution is -2.38. The molecule has 0 aliphatic rings. The first-order chi connectivity index (χ1) is 11.6. The van der Waals surface area contributed by atoms with Crippen molar-refractivity contribution in [1.82, 2.24) is 10.6 Å². The van der Waals surface area contributed by atoms with Gasteiger partial charge in [0.2, 0.25) is 0 Å². The summed E-state index contributed by atoms with van der Waals surface area (Å²) in [5.41, 5.74) is 1.05. The number of rotatable bonds is 9. The number of hydrogen-bond donors (Lipinski definition) is 2. The monoisotopic (exact) mass is 483 g/mol. The molecule has 0 saturated heterocycles. The second kappa shape index (κ2) is 14.0. The standard InChI is InChI=1S/C17H26ClN3O3.HI/c1-19-17(20-10-5-4-6-16(22)24-3)21-11-9-13-7-8-14(23-2)12-15(13)18;/h7-8,12H,4-6,9-11H2,1-3H3,(H2,19,20,21);1H. The highest BCUT2D eigenvalue weighted by Crippen LogP contribution is 2.22. The highest BCUT2D eigenvalue weighted by Gasteiger charge is 2.04. The highest BCUT2D eigenvalue weighted by atomic mass is 127. The van der Waals surface area contributed by atoms with Crippen molar-refractivity contribution in [3.05, 3.63) is 28.8 Å². The first kappa shape index (κ1) is 23.8. The molecule has 25 heavy (non-hydrogen) atoms. The van der Waals surface area contributed by atoms with Crippen LogP contribution in [0.15, 0.2) is 23.2 Å². The third kappa shape index (κ3) is 9.74. The molecule has 6 nitrogen and oxygen atoms in total. The van der Waals surface area contributed by atoms with E-state index in [2.05, 4.69) is 20.4 Å². The summed E-state index contributed by atoms with van der Waals surface area (Å²) in [5.74, 6) is 1.31. The molecule has 0 aromatic heterocycles. The molecule has 2 N–H and O–H groups in total. The van der Waals surface area contributed by atoms with Crippen molar-refractivity contribution in [1.29, 1.82) is 0 Å². The summed E-state index contributed by atoms with van der Waals surface area (Å²) in [5, 5.41) is 7.15. The number of methoxy groups -OCH3 is 2. The van der Waals surface area contributed by atoms with Gasteiger partial charge in [0, 0.05) is 31.6 Å². The number of carbonyl (C=O) groups is 1. The van der Waals surface area contributed by atoms with Gasteiger partial charge in [0.1, 0.15) is 5.75 Å². The van der Waals surface area contributed by atoms with Gasteiger partial charge in [-0.2, -0.15) is 0 Å². The van der Waals surface area contributed by atoms with Crippen LogP contribution in [0, 0.1) is 0 Å². The first-order valence-electron chi connectivity index (χ1n) is 7.94. The SMILES string of the molecule is CN=C(NCCCCC(=O)OC)NCCc1ccc(OC)cc1Cl.I. The summed E-state index contributed by atoms with van der Waals surface area (Å²) in [4.78, 5) is 15.2. The van der Waals surface area contributed by atoms with E-state index in [1.54, 1.807) is 14.2 Å². The Morgan fingerprint density at radius 1 is 1.20 bits per heavy atom. The third-order valence-electron chi connectivity index (χ3n) is 3.50. The molecule has 1 aromatic carbocycles. The molecule has 0 heterocycles. The summed E-state index contributed by atoms with van der Waals surface area (Å²) in [6.07, 6.45) is 2.89. The fraction of sp³-hybridized carbons (Fsp3) is 0.529. The van der Waals surface area contributed by atoms with Crippen LogP contribution in [0.25, 0.3) is 0 Å². The average Bonchev–Trinajstić information content (AvgIpc) is 2.60. The van der Waals surface area contributed by atoms with Crippen LogP contribution in [0.1, 0.15) is 24.8 Å². The smallest absolute Gasteiger partial charge is 0.305 e. The number of guanidine groups is 1. The van der Waals surface area contributed by atoms with E-state index in [0.717, 1.165) is 43.1 Å². The Morgan fingerprint density at radius 3 is 2.52 bits per heavy atom. The summed E-state index contributed by atoms with van der Waals surface area (Å²) < 4.78 is 9.74. The maximum atomic E-state index is 11.0. The van der Waals surface area contributed by atoms with Crippen molar-refractivity contribution >= 4 is 47.5 Å². The van der Waals surface area contributed by atoms with E-state index < -0.39 is 0 Å². The predicted molar refractivity (Wildman–Crippen MR) is 112 cm³/mol. The number of benzene rings is 1. The number of esters is 1. The minimum Gasteiger partial charge on any atom is -0.497 e. The summed E-state index contributed by atoms with van der Waals surface area (Å²) in [6.45, 7) is 1.47. The van der Waals surface area contributed by atoms with Gasteiger partial charge in [0.25, 0.3) is 0 Å². The molecule has 1 aromatic rings. The van der Waals surface area contributed by atoms with E-state index in [9.17, 15) is 4.79 Å². The average molecular weight is 484 g/mol. The molecule has 8 heteroatoms. The molecule has 0 bridgehead atoms. The number of halogens is 2.